The number of rotatable bonds is 7. The Hall–Kier alpha value is -3.67. The SMILES string of the molecule is CC1(O)CC2(CCN(CC3(COc4nc(N5CC6CCC(C5)N6)c5ccc(-c6cc(O)cc7ccc(F)c(F)c67)c(F)c5n4)CC3)CC2)C1. The van der Waals surface area contributed by atoms with Gasteiger partial charge in [-0.25, -0.2) is 13.2 Å². The molecule has 4 heterocycles. The van der Waals surface area contributed by atoms with E-state index in [1.165, 1.54) is 24.3 Å². The molecule has 3 saturated heterocycles. The van der Waals surface area contributed by atoms with Gasteiger partial charge in [-0.2, -0.15) is 9.97 Å². The van der Waals surface area contributed by atoms with Crippen molar-refractivity contribution in [2.24, 2.45) is 10.8 Å². The number of halogens is 3. The molecule has 2 unspecified atom stereocenters. The van der Waals surface area contributed by atoms with E-state index in [0.29, 0.717) is 35.3 Å². The van der Waals surface area contributed by atoms with Gasteiger partial charge in [0.2, 0.25) is 0 Å². The molecule has 3 aromatic carbocycles. The van der Waals surface area contributed by atoms with Gasteiger partial charge in [0.1, 0.15) is 17.1 Å². The number of aliphatic hydroxyl groups is 1. The van der Waals surface area contributed by atoms with Crippen molar-refractivity contribution >= 4 is 27.5 Å². The molecule has 2 atom stereocenters. The lowest BCUT2D eigenvalue weighted by Gasteiger charge is -2.55. The number of hydrogen-bond donors (Lipinski definition) is 3. The van der Waals surface area contributed by atoms with Crippen LogP contribution in [0.15, 0.2) is 36.4 Å². The number of fused-ring (bicyclic) bond motifs is 4. The summed E-state index contributed by atoms with van der Waals surface area (Å²) in [5, 5.41) is 25.1. The Bertz CT molecular complexity index is 1950. The molecule has 1 aromatic heterocycles. The minimum absolute atomic E-state index is 0.00314. The van der Waals surface area contributed by atoms with Gasteiger partial charge in [-0.15, -0.1) is 0 Å². The number of benzene rings is 3. The summed E-state index contributed by atoms with van der Waals surface area (Å²) in [6.45, 7) is 6.77. The fraction of sp³-hybridized carbons (Fsp3) is 0.526. The molecule has 258 valence electrons. The second-order valence-corrected chi connectivity index (χ2v) is 16.1. The van der Waals surface area contributed by atoms with E-state index in [-0.39, 0.29) is 44.6 Å². The third-order valence-corrected chi connectivity index (χ3v) is 12.0. The molecule has 4 aromatic rings. The van der Waals surface area contributed by atoms with Crippen LogP contribution >= 0.6 is 0 Å². The van der Waals surface area contributed by atoms with Gasteiger partial charge < -0.3 is 30.1 Å². The maximum atomic E-state index is 16.8. The lowest BCUT2D eigenvalue weighted by atomic mass is 9.56. The molecule has 3 N–H and O–H groups in total. The van der Waals surface area contributed by atoms with Crippen molar-refractivity contribution in [3.05, 3.63) is 53.8 Å². The molecule has 9 rings (SSSR count). The van der Waals surface area contributed by atoms with E-state index in [4.69, 9.17) is 9.72 Å². The van der Waals surface area contributed by atoms with Crippen molar-refractivity contribution in [3.8, 4) is 22.9 Å². The molecule has 0 radical (unpaired) electrons. The normalized spacial score (nSPS) is 25.2. The van der Waals surface area contributed by atoms with Crippen LogP contribution < -0.4 is 15.0 Å². The highest BCUT2D eigenvalue weighted by molar-refractivity contribution is 6.01. The predicted octanol–water partition coefficient (Wildman–Crippen LogP) is 6.30. The molecule has 49 heavy (non-hydrogen) atoms. The van der Waals surface area contributed by atoms with Crippen LogP contribution in [0.1, 0.15) is 58.3 Å². The number of nitrogens with zero attached hydrogens (tertiary/aromatic N) is 4. The molecule has 1 spiro atoms. The van der Waals surface area contributed by atoms with E-state index in [1.807, 2.05) is 6.92 Å². The third kappa shape index (κ3) is 5.58. The number of likely N-dealkylation sites (tertiary alicyclic amines) is 1. The van der Waals surface area contributed by atoms with Gasteiger partial charge in [-0.05, 0) is 112 Å². The first kappa shape index (κ1) is 31.3. The molecule has 2 saturated carbocycles. The van der Waals surface area contributed by atoms with E-state index in [9.17, 15) is 14.6 Å². The number of aromatic nitrogens is 2. The van der Waals surface area contributed by atoms with E-state index < -0.39 is 23.1 Å². The van der Waals surface area contributed by atoms with Crippen LogP contribution in [0.2, 0.25) is 0 Å². The average molecular weight is 674 g/mol. The van der Waals surface area contributed by atoms with E-state index in [1.54, 1.807) is 6.07 Å². The van der Waals surface area contributed by atoms with Crippen molar-refractivity contribution < 1.29 is 28.1 Å². The predicted molar refractivity (Wildman–Crippen MR) is 181 cm³/mol. The number of piperazine rings is 1. The monoisotopic (exact) mass is 673 g/mol. The van der Waals surface area contributed by atoms with Crippen molar-refractivity contribution in [3.63, 3.8) is 0 Å². The number of hydrogen-bond acceptors (Lipinski definition) is 8. The lowest BCUT2D eigenvalue weighted by molar-refractivity contribution is -0.138. The van der Waals surface area contributed by atoms with Crippen LogP contribution in [0.5, 0.6) is 11.8 Å². The number of aromatic hydroxyl groups is 1. The molecule has 3 aliphatic heterocycles. The van der Waals surface area contributed by atoms with Crippen LogP contribution in [-0.4, -0.2) is 82.1 Å². The Balaban J connectivity index is 1.04. The average Bonchev–Trinajstić information content (AvgIpc) is 3.75. The smallest absolute Gasteiger partial charge is 0.319 e. The van der Waals surface area contributed by atoms with Crippen LogP contribution in [0.4, 0.5) is 19.0 Å². The van der Waals surface area contributed by atoms with Crippen LogP contribution in [0.3, 0.4) is 0 Å². The van der Waals surface area contributed by atoms with Crippen molar-refractivity contribution in [1.29, 1.82) is 0 Å². The van der Waals surface area contributed by atoms with Gasteiger partial charge in [-0.1, -0.05) is 12.1 Å². The van der Waals surface area contributed by atoms with Gasteiger partial charge in [0, 0.05) is 53.5 Å². The molecule has 2 bridgehead atoms. The molecular weight excluding hydrogens is 631 g/mol. The summed E-state index contributed by atoms with van der Waals surface area (Å²) in [6.07, 6.45) is 8.21. The fourth-order valence-corrected chi connectivity index (χ4v) is 9.52. The minimum Gasteiger partial charge on any atom is -0.508 e. The number of phenolic OH excluding ortho intramolecular Hbond substituents is 1. The Morgan fingerprint density at radius 2 is 1.65 bits per heavy atom. The van der Waals surface area contributed by atoms with Gasteiger partial charge in [-0.3, -0.25) is 0 Å². The first-order valence-corrected chi connectivity index (χ1v) is 17.7. The molecule has 0 amide bonds. The van der Waals surface area contributed by atoms with E-state index in [0.717, 1.165) is 90.2 Å². The maximum Gasteiger partial charge on any atom is 0.319 e. The molecule has 5 aliphatic rings. The Morgan fingerprint density at radius 1 is 0.918 bits per heavy atom. The van der Waals surface area contributed by atoms with Crippen LogP contribution in [-0.2, 0) is 0 Å². The summed E-state index contributed by atoms with van der Waals surface area (Å²) in [7, 11) is 0. The standard InChI is InChI=1S/C38H42F3N5O3/c1-36(48)18-37(19-36)10-12-45(13-11-37)20-38(8-9-38)21-49-35-43-33-27(34(44-35)46-16-23-3-4-24(17-46)42-23)6-5-26(31(33)40)28-15-25(47)14-22-2-7-29(39)32(41)30(22)28/h2,5-7,14-15,23-24,42,47-48H,3-4,8-13,16-21H2,1H3. The Kier molecular flexibility index (Phi) is 7.14. The summed E-state index contributed by atoms with van der Waals surface area (Å²) in [4.78, 5) is 14.2. The van der Waals surface area contributed by atoms with E-state index >= 15 is 8.78 Å². The third-order valence-electron chi connectivity index (χ3n) is 12.0. The van der Waals surface area contributed by atoms with Gasteiger partial charge in [0.25, 0.3) is 0 Å². The van der Waals surface area contributed by atoms with E-state index in [2.05, 4.69) is 20.1 Å². The number of anilines is 1. The molecule has 2 aliphatic carbocycles. The number of ether oxygens (including phenoxy) is 1. The fourth-order valence-electron chi connectivity index (χ4n) is 9.52. The summed E-state index contributed by atoms with van der Waals surface area (Å²) < 4.78 is 52.8. The van der Waals surface area contributed by atoms with Gasteiger partial charge in [0.15, 0.2) is 17.5 Å². The summed E-state index contributed by atoms with van der Waals surface area (Å²) in [5.41, 5.74) is -0.144. The van der Waals surface area contributed by atoms with Crippen molar-refractivity contribution in [2.75, 3.05) is 44.2 Å². The first-order valence-electron chi connectivity index (χ1n) is 17.7. The largest absolute Gasteiger partial charge is 0.508 e. The first-order chi connectivity index (χ1) is 23.5. The minimum atomic E-state index is -1.10. The topological polar surface area (TPSA) is 94.0 Å². The highest BCUT2D eigenvalue weighted by Gasteiger charge is 2.53. The molecule has 8 nitrogen and oxygen atoms in total. The second-order valence-electron chi connectivity index (χ2n) is 16.1. The summed E-state index contributed by atoms with van der Waals surface area (Å²) >= 11 is 0. The number of nitrogens with one attached hydrogen (secondary N) is 1. The highest BCUT2D eigenvalue weighted by atomic mass is 19.2. The number of phenols is 1. The quantitative estimate of drug-likeness (QED) is 0.211. The number of piperidine rings is 1. The Morgan fingerprint density at radius 3 is 2.35 bits per heavy atom. The second kappa shape index (κ2) is 11.2. The van der Waals surface area contributed by atoms with Crippen LogP contribution in [0.25, 0.3) is 32.8 Å². The summed E-state index contributed by atoms with van der Waals surface area (Å²) in [5.74, 6) is -2.45. The maximum absolute atomic E-state index is 16.8. The zero-order valence-corrected chi connectivity index (χ0v) is 27.7. The zero-order valence-electron chi connectivity index (χ0n) is 27.7. The van der Waals surface area contributed by atoms with Gasteiger partial charge >= 0.3 is 6.01 Å². The molecule has 11 heteroatoms. The van der Waals surface area contributed by atoms with Gasteiger partial charge in [0.05, 0.1) is 12.2 Å². The van der Waals surface area contributed by atoms with Crippen molar-refractivity contribution in [1.82, 2.24) is 20.2 Å². The lowest BCUT2D eigenvalue weighted by Crippen LogP contribution is -2.55. The van der Waals surface area contributed by atoms with Crippen molar-refractivity contribution in [2.45, 2.75) is 76.0 Å². The van der Waals surface area contributed by atoms with Crippen LogP contribution in [0, 0.1) is 28.3 Å². The Labute approximate surface area is 283 Å². The highest BCUT2D eigenvalue weighted by Crippen LogP contribution is 2.55. The molecular formula is C38H42F3N5O3. The zero-order chi connectivity index (χ0) is 33.7. The summed E-state index contributed by atoms with van der Waals surface area (Å²) in [6, 6.07) is 8.96. The molecule has 5 fully saturated rings.